The maximum absolute atomic E-state index is 11.7. The number of hydrogen-bond acceptors (Lipinski definition) is 2. The van der Waals surface area contributed by atoms with E-state index in [2.05, 4.69) is 5.32 Å². The van der Waals surface area contributed by atoms with Gasteiger partial charge in [0, 0.05) is 5.69 Å². The molecule has 0 saturated heterocycles. The molecule has 2 rings (SSSR count). The monoisotopic (exact) mass is 233 g/mol. The van der Waals surface area contributed by atoms with Gasteiger partial charge in [-0.15, -0.1) is 0 Å². The molecular formula is C14H19NO2. The number of ether oxygens (including phenoxy) is 1. The molecule has 1 N–H and O–H groups in total. The fourth-order valence-electron chi connectivity index (χ4n) is 2.18. The number of anilines is 1. The van der Waals surface area contributed by atoms with E-state index in [9.17, 15) is 4.79 Å². The Bertz CT molecular complexity index is 342. The van der Waals surface area contributed by atoms with Crippen molar-refractivity contribution in [3.63, 3.8) is 0 Å². The maximum Gasteiger partial charge on any atom is 0.411 e. The Morgan fingerprint density at radius 3 is 2.35 bits per heavy atom. The Hall–Kier alpha value is -1.51. The number of nitrogens with one attached hydrogen (secondary N) is 1. The fourth-order valence-corrected chi connectivity index (χ4v) is 2.18. The molecule has 0 aliphatic heterocycles. The lowest BCUT2D eigenvalue weighted by Crippen LogP contribution is -2.21. The third-order valence-electron chi connectivity index (χ3n) is 3.10. The molecule has 17 heavy (non-hydrogen) atoms. The van der Waals surface area contributed by atoms with E-state index >= 15 is 0 Å². The summed E-state index contributed by atoms with van der Waals surface area (Å²) in [6.45, 7) is 0. The minimum absolute atomic E-state index is 0.0983. The summed E-state index contributed by atoms with van der Waals surface area (Å²) in [5.41, 5.74) is 0.783. The highest BCUT2D eigenvalue weighted by Gasteiger charge is 2.16. The number of benzene rings is 1. The minimum Gasteiger partial charge on any atom is -0.446 e. The van der Waals surface area contributed by atoms with E-state index in [-0.39, 0.29) is 12.2 Å². The quantitative estimate of drug-likeness (QED) is 0.785. The lowest BCUT2D eigenvalue weighted by atomic mass is 10.2. The molecule has 3 nitrogen and oxygen atoms in total. The van der Waals surface area contributed by atoms with Crippen molar-refractivity contribution in [1.82, 2.24) is 0 Å². The summed E-state index contributed by atoms with van der Waals surface area (Å²) in [6.07, 6.45) is 6.64. The van der Waals surface area contributed by atoms with Gasteiger partial charge >= 0.3 is 6.09 Å². The zero-order valence-electron chi connectivity index (χ0n) is 10.0. The smallest absolute Gasteiger partial charge is 0.411 e. The summed E-state index contributed by atoms with van der Waals surface area (Å²) in [7, 11) is 0. The molecule has 0 radical (unpaired) electrons. The second-order valence-electron chi connectivity index (χ2n) is 4.51. The Labute approximate surface area is 102 Å². The van der Waals surface area contributed by atoms with Crippen LogP contribution in [0.25, 0.3) is 0 Å². The molecule has 92 valence electrons. The summed E-state index contributed by atoms with van der Waals surface area (Å²) >= 11 is 0. The normalized spacial score (nSPS) is 17.2. The first-order valence-electron chi connectivity index (χ1n) is 6.37. The van der Waals surface area contributed by atoms with Crippen LogP contribution in [0.3, 0.4) is 0 Å². The minimum atomic E-state index is -0.330. The van der Waals surface area contributed by atoms with Crippen molar-refractivity contribution in [1.29, 1.82) is 0 Å². The number of rotatable bonds is 2. The molecule has 1 aromatic rings. The second-order valence-corrected chi connectivity index (χ2v) is 4.51. The predicted octanol–water partition coefficient (Wildman–Crippen LogP) is 3.96. The van der Waals surface area contributed by atoms with Gasteiger partial charge in [0.05, 0.1) is 0 Å². The van der Waals surface area contributed by atoms with Gasteiger partial charge in [-0.3, -0.25) is 5.32 Å². The second kappa shape index (κ2) is 6.28. The van der Waals surface area contributed by atoms with Crippen LogP contribution in [0.4, 0.5) is 10.5 Å². The largest absolute Gasteiger partial charge is 0.446 e. The van der Waals surface area contributed by atoms with Crippen molar-refractivity contribution in [3.05, 3.63) is 30.3 Å². The van der Waals surface area contributed by atoms with Gasteiger partial charge in [0.1, 0.15) is 6.10 Å². The molecule has 1 aromatic carbocycles. The van der Waals surface area contributed by atoms with Crippen molar-refractivity contribution in [2.24, 2.45) is 0 Å². The zero-order valence-corrected chi connectivity index (χ0v) is 10.0. The summed E-state index contributed by atoms with van der Waals surface area (Å²) < 4.78 is 5.43. The lowest BCUT2D eigenvalue weighted by molar-refractivity contribution is 0.101. The lowest BCUT2D eigenvalue weighted by Gasteiger charge is -2.15. The van der Waals surface area contributed by atoms with Gasteiger partial charge in [0.2, 0.25) is 0 Å². The van der Waals surface area contributed by atoms with Crippen LogP contribution in [0.5, 0.6) is 0 Å². The standard InChI is InChI=1S/C14H19NO2/c16-14(15-12-8-4-3-5-9-12)17-13-10-6-1-2-7-11-13/h3-5,8-9,13H,1-2,6-7,10-11H2,(H,15,16). The molecule has 0 spiro atoms. The van der Waals surface area contributed by atoms with E-state index in [4.69, 9.17) is 4.74 Å². The van der Waals surface area contributed by atoms with Crippen molar-refractivity contribution in [2.45, 2.75) is 44.6 Å². The van der Waals surface area contributed by atoms with E-state index in [0.717, 1.165) is 18.5 Å². The molecule has 1 fully saturated rings. The number of amides is 1. The molecular weight excluding hydrogens is 214 g/mol. The molecule has 0 unspecified atom stereocenters. The van der Waals surface area contributed by atoms with Crippen molar-refractivity contribution in [2.75, 3.05) is 5.32 Å². The van der Waals surface area contributed by atoms with Crippen LogP contribution in [-0.2, 0) is 4.74 Å². The zero-order chi connectivity index (χ0) is 11.9. The van der Waals surface area contributed by atoms with Crippen LogP contribution >= 0.6 is 0 Å². The first-order chi connectivity index (χ1) is 8.34. The molecule has 0 bridgehead atoms. The highest BCUT2D eigenvalue weighted by Crippen LogP contribution is 2.20. The molecule has 1 saturated carbocycles. The molecule has 3 heteroatoms. The predicted molar refractivity (Wildman–Crippen MR) is 68.0 cm³/mol. The van der Waals surface area contributed by atoms with Crippen LogP contribution in [0.15, 0.2) is 30.3 Å². The first kappa shape index (κ1) is 12.0. The van der Waals surface area contributed by atoms with E-state index < -0.39 is 0 Å². The SMILES string of the molecule is O=C(Nc1ccccc1)OC1CCCCCC1. The molecule has 1 amide bonds. The van der Waals surface area contributed by atoms with E-state index in [1.54, 1.807) is 0 Å². The number of hydrogen-bond donors (Lipinski definition) is 1. The van der Waals surface area contributed by atoms with Crippen LogP contribution < -0.4 is 5.32 Å². The highest BCUT2D eigenvalue weighted by molar-refractivity contribution is 5.84. The Balaban J connectivity index is 1.80. The third-order valence-corrected chi connectivity index (χ3v) is 3.10. The van der Waals surface area contributed by atoms with E-state index in [1.807, 2.05) is 30.3 Å². The number of para-hydroxylation sites is 1. The van der Waals surface area contributed by atoms with Crippen LogP contribution in [0, 0.1) is 0 Å². The van der Waals surface area contributed by atoms with Gasteiger partial charge in [0.15, 0.2) is 0 Å². The summed E-state index contributed by atoms with van der Waals surface area (Å²) in [5.74, 6) is 0. The van der Waals surface area contributed by atoms with Gasteiger partial charge in [-0.25, -0.2) is 4.79 Å². The van der Waals surface area contributed by atoms with E-state index in [1.165, 1.54) is 25.7 Å². The van der Waals surface area contributed by atoms with Crippen LogP contribution in [-0.4, -0.2) is 12.2 Å². The molecule has 0 atom stereocenters. The molecule has 0 aromatic heterocycles. The first-order valence-corrected chi connectivity index (χ1v) is 6.37. The van der Waals surface area contributed by atoms with Gasteiger partial charge in [-0.1, -0.05) is 31.0 Å². The van der Waals surface area contributed by atoms with Crippen molar-refractivity contribution < 1.29 is 9.53 Å². The molecule has 1 aliphatic rings. The van der Waals surface area contributed by atoms with Gasteiger partial charge in [0.25, 0.3) is 0 Å². The van der Waals surface area contributed by atoms with Crippen molar-refractivity contribution in [3.8, 4) is 0 Å². The van der Waals surface area contributed by atoms with Crippen LogP contribution in [0.1, 0.15) is 38.5 Å². The van der Waals surface area contributed by atoms with Crippen LogP contribution in [0.2, 0.25) is 0 Å². The highest BCUT2D eigenvalue weighted by atomic mass is 16.6. The molecule has 0 heterocycles. The van der Waals surface area contributed by atoms with Gasteiger partial charge in [-0.05, 0) is 37.8 Å². The average Bonchev–Trinajstić information content (AvgIpc) is 2.59. The summed E-state index contributed by atoms with van der Waals surface area (Å²) in [6, 6.07) is 9.41. The average molecular weight is 233 g/mol. The van der Waals surface area contributed by atoms with Gasteiger partial charge in [-0.2, -0.15) is 0 Å². The Morgan fingerprint density at radius 2 is 1.71 bits per heavy atom. The van der Waals surface area contributed by atoms with Crippen molar-refractivity contribution >= 4 is 11.8 Å². The number of carbonyl (C=O) groups excluding carboxylic acids is 1. The molecule has 1 aliphatic carbocycles. The third kappa shape index (κ3) is 4.10. The van der Waals surface area contributed by atoms with E-state index in [0.29, 0.717) is 0 Å². The Kier molecular flexibility index (Phi) is 4.42. The number of carbonyl (C=O) groups is 1. The Morgan fingerprint density at radius 1 is 1.06 bits per heavy atom. The fraction of sp³-hybridized carbons (Fsp3) is 0.500. The summed E-state index contributed by atoms with van der Waals surface area (Å²) in [4.78, 5) is 11.7. The summed E-state index contributed by atoms with van der Waals surface area (Å²) in [5, 5.41) is 2.75. The maximum atomic E-state index is 11.7. The topological polar surface area (TPSA) is 38.3 Å². The van der Waals surface area contributed by atoms with Gasteiger partial charge < -0.3 is 4.74 Å².